The summed E-state index contributed by atoms with van der Waals surface area (Å²) in [4.78, 5) is 0. The minimum atomic E-state index is 1.22. The third kappa shape index (κ3) is 4.67. The zero-order chi connectivity index (χ0) is 13.5. The maximum Gasteiger partial charge on any atom is -0.0105 e. The molecule has 2 aliphatic carbocycles. The van der Waals surface area contributed by atoms with Crippen LogP contribution in [-0.2, 0) is 0 Å². The Kier molecular flexibility index (Phi) is 5.94. The van der Waals surface area contributed by atoms with Gasteiger partial charge in [0.25, 0.3) is 0 Å². The summed E-state index contributed by atoms with van der Waals surface area (Å²) < 4.78 is 0. The molecule has 0 radical (unpaired) electrons. The molecule has 0 aliphatic heterocycles. The van der Waals surface area contributed by atoms with Crippen molar-refractivity contribution in [2.45, 2.75) is 84.5 Å². The van der Waals surface area contributed by atoms with Crippen LogP contribution in [0.1, 0.15) is 84.5 Å². The lowest BCUT2D eigenvalue weighted by Crippen LogP contribution is -1.88. The minimum Gasteiger partial charge on any atom is -0.0690 e. The summed E-state index contributed by atoms with van der Waals surface area (Å²) in [6.45, 7) is 4.61. The van der Waals surface area contributed by atoms with Gasteiger partial charge in [0.15, 0.2) is 0 Å². The van der Waals surface area contributed by atoms with Crippen LogP contribution in [0.25, 0.3) is 0 Å². The summed E-state index contributed by atoms with van der Waals surface area (Å²) in [5, 5.41) is 0. The molecule has 0 saturated heterocycles. The number of unbranched alkanes of at least 4 members (excludes halogenated alkanes) is 3. The van der Waals surface area contributed by atoms with Gasteiger partial charge in [-0.2, -0.15) is 0 Å². The van der Waals surface area contributed by atoms with Crippen LogP contribution in [0.4, 0.5) is 0 Å². The molecular formula is C19H30. The first-order valence-electron chi connectivity index (χ1n) is 8.38. The molecule has 0 aromatic carbocycles. The second-order valence-electron chi connectivity index (χ2n) is 6.39. The zero-order valence-electron chi connectivity index (χ0n) is 12.9. The molecule has 0 unspecified atom stereocenters. The summed E-state index contributed by atoms with van der Waals surface area (Å²) in [7, 11) is 0. The van der Waals surface area contributed by atoms with Crippen LogP contribution in [0, 0.1) is 0 Å². The average Bonchev–Trinajstić information content (AvgIpc) is 2.67. The van der Waals surface area contributed by atoms with Gasteiger partial charge in [0.2, 0.25) is 0 Å². The fraction of sp³-hybridized carbons (Fsp3) is 0.684. The van der Waals surface area contributed by atoms with Gasteiger partial charge in [-0.3, -0.25) is 0 Å². The van der Waals surface area contributed by atoms with E-state index in [9.17, 15) is 0 Å². The van der Waals surface area contributed by atoms with Crippen molar-refractivity contribution in [3.63, 3.8) is 0 Å². The average molecular weight is 258 g/mol. The quantitative estimate of drug-likeness (QED) is 0.494. The second-order valence-corrected chi connectivity index (χ2v) is 6.39. The van der Waals surface area contributed by atoms with E-state index in [4.69, 9.17) is 0 Å². The van der Waals surface area contributed by atoms with Crippen LogP contribution in [0.3, 0.4) is 0 Å². The zero-order valence-corrected chi connectivity index (χ0v) is 12.9. The summed E-state index contributed by atoms with van der Waals surface area (Å²) in [5.41, 5.74) is 6.59. The molecule has 0 N–H and O–H groups in total. The monoisotopic (exact) mass is 258 g/mol. The van der Waals surface area contributed by atoms with Gasteiger partial charge in [0, 0.05) is 0 Å². The molecule has 0 fully saturated rings. The highest BCUT2D eigenvalue weighted by Crippen LogP contribution is 2.32. The van der Waals surface area contributed by atoms with Crippen molar-refractivity contribution < 1.29 is 0 Å². The van der Waals surface area contributed by atoms with Gasteiger partial charge < -0.3 is 0 Å². The Morgan fingerprint density at radius 1 is 0.895 bits per heavy atom. The van der Waals surface area contributed by atoms with Gasteiger partial charge in [-0.1, -0.05) is 55.9 Å². The lowest BCUT2D eigenvalue weighted by molar-refractivity contribution is 0.658. The molecule has 2 rings (SSSR count). The highest BCUT2D eigenvalue weighted by Gasteiger charge is 2.13. The van der Waals surface area contributed by atoms with Gasteiger partial charge >= 0.3 is 0 Å². The molecule has 0 atom stereocenters. The van der Waals surface area contributed by atoms with E-state index in [0.717, 1.165) is 0 Å². The molecular weight excluding hydrogens is 228 g/mol. The van der Waals surface area contributed by atoms with Crippen LogP contribution < -0.4 is 0 Å². The Morgan fingerprint density at radius 2 is 1.63 bits per heavy atom. The Morgan fingerprint density at radius 3 is 2.37 bits per heavy atom. The minimum absolute atomic E-state index is 1.22. The van der Waals surface area contributed by atoms with Crippen molar-refractivity contribution in [2.75, 3.05) is 0 Å². The largest absolute Gasteiger partial charge is 0.0690 e. The lowest BCUT2D eigenvalue weighted by Gasteiger charge is -2.08. The Balaban J connectivity index is 2.03. The number of hydrogen-bond acceptors (Lipinski definition) is 0. The van der Waals surface area contributed by atoms with Gasteiger partial charge in [0.05, 0.1) is 0 Å². The van der Waals surface area contributed by atoms with E-state index >= 15 is 0 Å². The molecule has 2 aliphatic rings. The van der Waals surface area contributed by atoms with E-state index in [1.165, 1.54) is 70.6 Å². The predicted octanol–water partition coefficient (Wildman–Crippen LogP) is 6.49. The maximum atomic E-state index is 2.57. The Hall–Kier alpha value is -0.780. The van der Waals surface area contributed by atoms with E-state index in [-0.39, 0.29) is 0 Å². The van der Waals surface area contributed by atoms with Crippen LogP contribution in [0.2, 0.25) is 0 Å². The predicted molar refractivity (Wildman–Crippen MR) is 85.3 cm³/mol. The first-order chi connectivity index (χ1) is 9.29. The Labute approximate surface area is 119 Å². The number of allylic oxidation sites excluding steroid dienone is 6. The summed E-state index contributed by atoms with van der Waals surface area (Å²) in [6, 6.07) is 0. The lowest BCUT2D eigenvalue weighted by atomic mass is 9.98. The summed E-state index contributed by atoms with van der Waals surface area (Å²) >= 11 is 0. The van der Waals surface area contributed by atoms with Crippen molar-refractivity contribution in [3.8, 4) is 0 Å². The molecule has 0 heterocycles. The molecule has 19 heavy (non-hydrogen) atoms. The van der Waals surface area contributed by atoms with Crippen molar-refractivity contribution in [2.24, 2.45) is 0 Å². The first-order valence-corrected chi connectivity index (χ1v) is 8.38. The van der Waals surface area contributed by atoms with Crippen molar-refractivity contribution in [1.82, 2.24) is 0 Å². The topological polar surface area (TPSA) is 0 Å². The van der Waals surface area contributed by atoms with E-state index in [1.54, 1.807) is 22.3 Å². The first kappa shape index (κ1) is 14.6. The SMILES string of the molecule is CCCCCCC1=CC2=C(C=C(C)C1)CCCCC2. The molecule has 0 saturated carbocycles. The molecule has 0 aromatic rings. The molecule has 106 valence electrons. The smallest absolute Gasteiger partial charge is 0.0105 e. The molecule has 0 heteroatoms. The summed E-state index contributed by atoms with van der Waals surface area (Å²) in [5.74, 6) is 0. The fourth-order valence-corrected chi connectivity index (χ4v) is 3.40. The maximum absolute atomic E-state index is 2.57. The van der Waals surface area contributed by atoms with Crippen LogP contribution >= 0.6 is 0 Å². The fourth-order valence-electron chi connectivity index (χ4n) is 3.40. The van der Waals surface area contributed by atoms with E-state index in [2.05, 4.69) is 26.0 Å². The molecule has 0 amide bonds. The van der Waals surface area contributed by atoms with Crippen LogP contribution in [-0.4, -0.2) is 0 Å². The third-order valence-electron chi connectivity index (χ3n) is 4.46. The van der Waals surface area contributed by atoms with Crippen LogP contribution in [0.5, 0.6) is 0 Å². The van der Waals surface area contributed by atoms with E-state index < -0.39 is 0 Å². The molecule has 0 aromatic heterocycles. The van der Waals surface area contributed by atoms with Crippen molar-refractivity contribution in [3.05, 3.63) is 34.4 Å². The van der Waals surface area contributed by atoms with Crippen molar-refractivity contribution >= 4 is 0 Å². The summed E-state index contributed by atoms with van der Waals surface area (Å²) in [6.07, 6.45) is 20.0. The number of hydrogen-bond donors (Lipinski definition) is 0. The Bertz CT molecular complexity index is 379. The van der Waals surface area contributed by atoms with Gasteiger partial charge in [-0.25, -0.2) is 0 Å². The van der Waals surface area contributed by atoms with Gasteiger partial charge in [0.1, 0.15) is 0 Å². The normalized spacial score (nSPS) is 20.3. The standard InChI is InChI=1S/C19H30/c1-3-4-5-7-10-17-13-16(2)14-18-11-8-6-9-12-19(18)15-17/h14-15H,3-13H2,1-2H3. The van der Waals surface area contributed by atoms with Gasteiger partial charge in [-0.15, -0.1) is 0 Å². The molecule has 0 nitrogen and oxygen atoms in total. The highest BCUT2D eigenvalue weighted by molar-refractivity contribution is 5.41. The molecule has 0 bridgehead atoms. The van der Waals surface area contributed by atoms with Gasteiger partial charge in [-0.05, 0) is 63.0 Å². The van der Waals surface area contributed by atoms with Crippen LogP contribution in [0.15, 0.2) is 34.4 Å². The van der Waals surface area contributed by atoms with E-state index in [1.807, 2.05) is 0 Å². The number of rotatable bonds is 5. The van der Waals surface area contributed by atoms with Crippen molar-refractivity contribution in [1.29, 1.82) is 0 Å². The second kappa shape index (κ2) is 7.72. The highest BCUT2D eigenvalue weighted by atomic mass is 14.2. The third-order valence-corrected chi connectivity index (χ3v) is 4.46. The molecule has 0 spiro atoms. The van der Waals surface area contributed by atoms with E-state index in [0.29, 0.717) is 0 Å².